The molecule has 2 rings (SSSR count). The average Bonchev–Trinajstić information content (AvgIpc) is 2.80. The minimum atomic E-state index is -4.20. The van der Waals surface area contributed by atoms with Crippen LogP contribution in [0.5, 0.6) is 0 Å². The van der Waals surface area contributed by atoms with Crippen molar-refractivity contribution in [1.29, 1.82) is 0 Å². The predicted molar refractivity (Wildman–Crippen MR) is 60.7 cm³/mol. The topological polar surface area (TPSA) is 110 Å². The molecule has 0 aliphatic rings. The van der Waals surface area contributed by atoms with Crippen LogP contribution in [-0.4, -0.2) is 24.7 Å². The van der Waals surface area contributed by atoms with Crippen molar-refractivity contribution in [1.82, 2.24) is 5.16 Å². The number of benzene rings is 1. The minimum absolute atomic E-state index is 0.110. The Morgan fingerprint density at radius 3 is 2.63 bits per heavy atom. The number of nitrogens with zero attached hydrogens (tertiary/aromatic N) is 1. The molecule has 0 aliphatic carbocycles. The third-order valence-corrected chi connectivity index (χ3v) is 3.53. The zero-order valence-corrected chi connectivity index (χ0v) is 10.0. The first kappa shape index (κ1) is 13.0. The standard InChI is InChI=1S/C10H7FN2O5S/c11-7-5-6(10(14)15)1-2-8(7)19(16,17)13-9-3-4-18-12-9/h1-5H,(H,12,13)(H,14,15). The van der Waals surface area contributed by atoms with Crippen LogP contribution in [0.4, 0.5) is 10.2 Å². The van der Waals surface area contributed by atoms with E-state index in [0.29, 0.717) is 6.07 Å². The fourth-order valence-electron chi connectivity index (χ4n) is 1.31. The van der Waals surface area contributed by atoms with Gasteiger partial charge in [-0.2, -0.15) is 0 Å². The molecule has 0 radical (unpaired) electrons. The molecule has 0 saturated carbocycles. The van der Waals surface area contributed by atoms with Gasteiger partial charge in [0.25, 0.3) is 10.0 Å². The van der Waals surface area contributed by atoms with Gasteiger partial charge in [0, 0.05) is 6.07 Å². The highest BCUT2D eigenvalue weighted by atomic mass is 32.2. The Bertz CT molecular complexity index is 712. The van der Waals surface area contributed by atoms with Gasteiger partial charge < -0.3 is 9.63 Å². The number of hydrogen-bond acceptors (Lipinski definition) is 5. The number of sulfonamides is 1. The Hall–Kier alpha value is -2.42. The molecule has 2 N–H and O–H groups in total. The molecule has 0 amide bonds. The van der Waals surface area contributed by atoms with Gasteiger partial charge in [0.2, 0.25) is 0 Å². The number of aromatic carboxylic acids is 1. The largest absolute Gasteiger partial charge is 0.478 e. The van der Waals surface area contributed by atoms with Gasteiger partial charge >= 0.3 is 5.97 Å². The van der Waals surface area contributed by atoms with Gasteiger partial charge in [-0.3, -0.25) is 4.72 Å². The molecule has 7 nitrogen and oxygen atoms in total. The molecule has 0 atom stereocenters. The summed E-state index contributed by atoms with van der Waals surface area (Å²) in [6, 6.07) is 3.71. The quantitative estimate of drug-likeness (QED) is 0.877. The Morgan fingerprint density at radius 2 is 2.11 bits per heavy atom. The van der Waals surface area contributed by atoms with Crippen LogP contribution in [0.15, 0.2) is 39.9 Å². The molecule has 1 heterocycles. The summed E-state index contributed by atoms with van der Waals surface area (Å²) in [6.45, 7) is 0. The summed E-state index contributed by atoms with van der Waals surface area (Å²) in [4.78, 5) is 9.94. The van der Waals surface area contributed by atoms with E-state index in [4.69, 9.17) is 5.11 Å². The molecule has 1 aromatic heterocycles. The van der Waals surface area contributed by atoms with Crippen LogP contribution in [0, 0.1) is 5.82 Å². The molecule has 0 unspecified atom stereocenters. The van der Waals surface area contributed by atoms with Crippen LogP contribution < -0.4 is 4.72 Å². The van der Waals surface area contributed by atoms with Gasteiger partial charge in [0.05, 0.1) is 5.56 Å². The van der Waals surface area contributed by atoms with Crippen molar-refractivity contribution in [2.24, 2.45) is 0 Å². The van der Waals surface area contributed by atoms with Crippen LogP contribution in [-0.2, 0) is 10.0 Å². The number of hydrogen-bond donors (Lipinski definition) is 2. The molecule has 0 aliphatic heterocycles. The molecule has 0 saturated heterocycles. The number of rotatable bonds is 4. The summed E-state index contributed by atoms with van der Waals surface area (Å²) in [5.74, 6) is -2.63. The Kier molecular flexibility index (Phi) is 3.21. The first-order valence-corrected chi connectivity index (χ1v) is 6.34. The van der Waals surface area contributed by atoms with E-state index in [1.54, 1.807) is 0 Å². The number of halogens is 1. The molecule has 19 heavy (non-hydrogen) atoms. The normalized spacial score (nSPS) is 11.2. The van der Waals surface area contributed by atoms with Gasteiger partial charge in [-0.25, -0.2) is 17.6 Å². The lowest BCUT2D eigenvalue weighted by molar-refractivity contribution is 0.0696. The summed E-state index contributed by atoms with van der Waals surface area (Å²) < 4.78 is 43.7. The second-order valence-electron chi connectivity index (χ2n) is 3.44. The monoisotopic (exact) mass is 286 g/mol. The Labute approximate surface area is 106 Å². The summed E-state index contributed by atoms with van der Waals surface area (Å²) in [5.41, 5.74) is -0.349. The molecule has 0 spiro atoms. The third kappa shape index (κ3) is 2.71. The lowest BCUT2D eigenvalue weighted by Gasteiger charge is -2.06. The molecule has 0 fully saturated rings. The van der Waals surface area contributed by atoms with Crippen LogP contribution in [0.25, 0.3) is 0 Å². The van der Waals surface area contributed by atoms with Crippen LogP contribution >= 0.6 is 0 Å². The number of carboxylic acids is 1. The van der Waals surface area contributed by atoms with Gasteiger partial charge in [-0.05, 0) is 18.2 Å². The maximum absolute atomic E-state index is 13.6. The highest BCUT2D eigenvalue weighted by Crippen LogP contribution is 2.19. The van der Waals surface area contributed by atoms with Crippen molar-refractivity contribution in [3.63, 3.8) is 0 Å². The lowest BCUT2D eigenvalue weighted by atomic mass is 10.2. The van der Waals surface area contributed by atoms with E-state index in [1.165, 1.54) is 6.07 Å². The second-order valence-corrected chi connectivity index (χ2v) is 5.09. The van der Waals surface area contributed by atoms with E-state index in [9.17, 15) is 17.6 Å². The fraction of sp³-hybridized carbons (Fsp3) is 0. The Balaban J connectivity index is 2.38. The van der Waals surface area contributed by atoms with E-state index in [-0.39, 0.29) is 11.4 Å². The summed E-state index contributed by atoms with van der Waals surface area (Å²) in [7, 11) is -4.20. The van der Waals surface area contributed by atoms with Crippen molar-refractivity contribution in [3.05, 3.63) is 41.9 Å². The third-order valence-electron chi connectivity index (χ3n) is 2.15. The van der Waals surface area contributed by atoms with Crippen molar-refractivity contribution >= 4 is 21.8 Å². The zero-order valence-electron chi connectivity index (χ0n) is 9.20. The SMILES string of the molecule is O=C(O)c1ccc(S(=O)(=O)Nc2ccon2)c(F)c1. The highest BCUT2D eigenvalue weighted by molar-refractivity contribution is 7.92. The predicted octanol–water partition coefficient (Wildman–Crippen LogP) is 1.31. The van der Waals surface area contributed by atoms with Crippen molar-refractivity contribution in [2.75, 3.05) is 4.72 Å². The first-order chi connectivity index (χ1) is 8.90. The van der Waals surface area contributed by atoms with Crippen LogP contribution in [0.3, 0.4) is 0 Å². The number of anilines is 1. The van der Waals surface area contributed by atoms with Crippen molar-refractivity contribution < 1.29 is 27.2 Å². The molecule has 0 bridgehead atoms. The maximum Gasteiger partial charge on any atom is 0.335 e. The molecular weight excluding hydrogens is 279 g/mol. The van der Waals surface area contributed by atoms with Crippen LogP contribution in [0.1, 0.15) is 10.4 Å². The van der Waals surface area contributed by atoms with Crippen molar-refractivity contribution in [3.8, 4) is 0 Å². The number of aromatic nitrogens is 1. The minimum Gasteiger partial charge on any atom is -0.478 e. The summed E-state index contributed by atoms with van der Waals surface area (Å²) in [5, 5.41) is 12.0. The summed E-state index contributed by atoms with van der Waals surface area (Å²) >= 11 is 0. The van der Waals surface area contributed by atoms with Gasteiger partial charge in [0.15, 0.2) is 5.82 Å². The van der Waals surface area contributed by atoms with Crippen molar-refractivity contribution in [2.45, 2.75) is 4.90 Å². The molecule has 2 aromatic rings. The van der Waals surface area contributed by atoms with Gasteiger partial charge in [0.1, 0.15) is 17.0 Å². The van der Waals surface area contributed by atoms with E-state index in [0.717, 1.165) is 18.4 Å². The van der Waals surface area contributed by atoms with E-state index < -0.39 is 26.7 Å². The highest BCUT2D eigenvalue weighted by Gasteiger charge is 2.21. The number of carboxylic acid groups (broad SMARTS) is 1. The zero-order chi connectivity index (χ0) is 14.0. The second kappa shape index (κ2) is 4.69. The lowest BCUT2D eigenvalue weighted by Crippen LogP contribution is -2.15. The van der Waals surface area contributed by atoms with E-state index in [1.807, 2.05) is 4.72 Å². The average molecular weight is 286 g/mol. The van der Waals surface area contributed by atoms with Gasteiger partial charge in [-0.15, -0.1) is 0 Å². The molecule has 1 aromatic carbocycles. The van der Waals surface area contributed by atoms with Crippen LogP contribution in [0.2, 0.25) is 0 Å². The molecule has 9 heteroatoms. The van der Waals surface area contributed by atoms with E-state index >= 15 is 0 Å². The number of nitrogens with one attached hydrogen (secondary N) is 1. The first-order valence-electron chi connectivity index (χ1n) is 4.86. The molecule has 100 valence electrons. The van der Waals surface area contributed by atoms with E-state index in [2.05, 4.69) is 9.68 Å². The summed E-state index contributed by atoms with van der Waals surface area (Å²) in [6.07, 6.45) is 1.14. The molecular formula is C10H7FN2O5S. The number of carbonyl (C=O) groups is 1. The Morgan fingerprint density at radius 1 is 1.37 bits per heavy atom. The smallest absolute Gasteiger partial charge is 0.335 e. The fourth-order valence-corrected chi connectivity index (χ4v) is 2.36. The maximum atomic E-state index is 13.6. The van der Waals surface area contributed by atoms with Gasteiger partial charge in [-0.1, -0.05) is 5.16 Å².